The van der Waals surface area contributed by atoms with E-state index in [2.05, 4.69) is 0 Å². The van der Waals surface area contributed by atoms with Gasteiger partial charge in [-0.2, -0.15) is 0 Å². The molecule has 3 heteroatoms. The summed E-state index contributed by atoms with van der Waals surface area (Å²) < 4.78 is 2.70. The fraction of sp³-hybridized carbons (Fsp3) is 0. The third kappa shape index (κ3) is 1.85. The van der Waals surface area contributed by atoms with Gasteiger partial charge in [-0.05, 0) is 0 Å². The van der Waals surface area contributed by atoms with E-state index in [1.165, 1.54) is 0 Å². The first-order valence-corrected chi connectivity index (χ1v) is 7.42. The van der Waals surface area contributed by atoms with Gasteiger partial charge in [0, 0.05) is 0 Å². The second kappa shape index (κ2) is 3.05. The quantitative estimate of drug-likeness (QED) is 0.694. The zero-order valence-corrected chi connectivity index (χ0v) is 9.23. The van der Waals surface area contributed by atoms with Crippen molar-refractivity contribution in [3.05, 3.63) is 21.9 Å². The van der Waals surface area contributed by atoms with Crippen LogP contribution in [-0.2, 0) is 4.79 Å². The Kier molecular flexibility index (Phi) is 2.32. The van der Waals surface area contributed by atoms with Crippen LogP contribution >= 0.6 is 0 Å². The summed E-state index contributed by atoms with van der Waals surface area (Å²) in [6.45, 7) is 0. The molecule has 0 fully saturated rings. The molecule has 1 heterocycles. The van der Waals surface area contributed by atoms with Crippen LogP contribution in [0.5, 0.6) is 0 Å². The van der Waals surface area contributed by atoms with E-state index in [0.717, 1.165) is 0 Å². The molecule has 0 aromatic rings. The first kappa shape index (κ1) is 6.86. The van der Waals surface area contributed by atoms with Crippen LogP contribution in [0.3, 0.4) is 0 Å². The molecule has 0 spiro atoms. The second-order valence-electron chi connectivity index (χ2n) is 1.67. The van der Waals surface area contributed by atoms with E-state index < -0.39 is 29.7 Å². The summed E-state index contributed by atoms with van der Waals surface area (Å²) in [6.07, 6.45) is 5.42. The molecule has 0 aromatic heterocycles. The SMILES string of the molecule is O=C(O)[C]1=[Tl][CH]=CC=C1. The van der Waals surface area contributed by atoms with Gasteiger partial charge in [-0.15, -0.1) is 0 Å². The molecule has 1 rings (SSSR count). The Morgan fingerprint density at radius 2 is 2.33 bits per heavy atom. The first-order valence-electron chi connectivity index (χ1n) is 2.59. The molecule has 44 valence electrons. The maximum absolute atomic E-state index is 10.3. The fourth-order valence-corrected chi connectivity index (χ4v) is 3.74. The molecule has 1 aliphatic rings. The molecule has 2 nitrogen and oxygen atoms in total. The van der Waals surface area contributed by atoms with Gasteiger partial charge in [0.05, 0.1) is 0 Å². The summed E-state index contributed by atoms with van der Waals surface area (Å²) in [7, 11) is 0. The third-order valence-electron chi connectivity index (χ3n) is 1.02. The monoisotopic (exact) mass is 314 g/mol. The molecule has 0 aliphatic carbocycles. The molecule has 0 saturated heterocycles. The van der Waals surface area contributed by atoms with Crippen molar-refractivity contribution in [3.8, 4) is 0 Å². The number of hydrogen-bond acceptors (Lipinski definition) is 1. The first-order chi connectivity index (χ1) is 4.30. The van der Waals surface area contributed by atoms with Gasteiger partial charge in [-0.25, -0.2) is 0 Å². The minimum atomic E-state index is -1.14. The minimum absolute atomic E-state index is 0.664. The summed E-state index contributed by atoms with van der Waals surface area (Å²) in [5.41, 5.74) is 0. The van der Waals surface area contributed by atoms with Crippen LogP contribution in [0.2, 0.25) is 0 Å². The van der Waals surface area contributed by atoms with Crippen LogP contribution < -0.4 is 0 Å². The van der Waals surface area contributed by atoms with E-state index in [1.54, 1.807) is 12.2 Å². The molecule has 0 saturated carbocycles. The average molecular weight is 313 g/mol. The van der Waals surface area contributed by atoms with Crippen LogP contribution in [0.25, 0.3) is 0 Å². The predicted octanol–water partition coefficient (Wildman–Crippen LogP) is 0.0311. The van der Waals surface area contributed by atoms with E-state index in [-0.39, 0.29) is 0 Å². The Bertz CT molecular complexity index is 213. The van der Waals surface area contributed by atoms with Crippen molar-refractivity contribution >= 4 is 32.8 Å². The zero-order valence-electron chi connectivity index (χ0n) is 4.74. The van der Waals surface area contributed by atoms with Crippen molar-refractivity contribution in [3.63, 3.8) is 0 Å². The number of carbonyl (C=O) groups is 1. The van der Waals surface area contributed by atoms with Gasteiger partial charge in [0.25, 0.3) is 0 Å². The van der Waals surface area contributed by atoms with Crippen molar-refractivity contribution in [2.24, 2.45) is 0 Å². The van der Waals surface area contributed by atoms with Crippen LogP contribution in [-0.4, -0.2) is 37.9 Å². The zero-order chi connectivity index (χ0) is 6.69. The standard InChI is InChI=1S/C6H5O2.Tl/c1-2-3-4-5-6(7)8;/h1-4H,(H,7,8);. The molecular weight excluding hydrogens is 308 g/mol. The molecule has 0 atom stereocenters. The van der Waals surface area contributed by atoms with Gasteiger partial charge in [0.15, 0.2) is 0 Å². The van der Waals surface area contributed by atoms with Crippen LogP contribution in [0, 0.1) is 0 Å². The van der Waals surface area contributed by atoms with E-state index in [4.69, 9.17) is 5.11 Å². The molecule has 0 aromatic carbocycles. The van der Waals surface area contributed by atoms with E-state index >= 15 is 0 Å². The Hall–Kier alpha value is -0.258. The summed E-state index contributed by atoms with van der Waals surface area (Å²) in [4.78, 5) is 10.3. The third-order valence-corrected chi connectivity index (χ3v) is 5.74. The van der Waals surface area contributed by atoms with Gasteiger partial charge in [0.2, 0.25) is 0 Å². The number of carboxylic acids is 1. The van der Waals surface area contributed by atoms with Gasteiger partial charge >= 0.3 is 64.5 Å². The molecule has 0 radical (unpaired) electrons. The van der Waals surface area contributed by atoms with Crippen LogP contribution in [0.4, 0.5) is 0 Å². The van der Waals surface area contributed by atoms with Gasteiger partial charge < -0.3 is 0 Å². The van der Waals surface area contributed by atoms with Crippen molar-refractivity contribution in [1.82, 2.24) is 0 Å². The van der Waals surface area contributed by atoms with E-state index in [0.29, 0.717) is 3.06 Å². The van der Waals surface area contributed by atoms with Crippen molar-refractivity contribution in [1.29, 1.82) is 0 Å². The summed E-state index contributed by atoms with van der Waals surface area (Å²) in [5.74, 6) is -0.731. The number of rotatable bonds is 1. The molecule has 9 heavy (non-hydrogen) atoms. The summed E-state index contributed by atoms with van der Waals surface area (Å²) >= 11 is -1.14. The number of carboxylic acid groups (broad SMARTS) is 1. The van der Waals surface area contributed by atoms with Crippen LogP contribution in [0.1, 0.15) is 0 Å². The Labute approximate surface area is 64.6 Å². The van der Waals surface area contributed by atoms with E-state index in [1.807, 2.05) is 9.71 Å². The molecule has 0 unspecified atom stereocenters. The average Bonchev–Trinajstić information content (AvgIpc) is 1.90. The predicted molar refractivity (Wildman–Crippen MR) is 36.7 cm³/mol. The Balaban J connectivity index is 2.84. The van der Waals surface area contributed by atoms with Crippen LogP contribution in [0.15, 0.2) is 21.9 Å². The fourth-order valence-electron chi connectivity index (χ4n) is 0.581. The topological polar surface area (TPSA) is 37.3 Å². The number of aliphatic carboxylic acids is 1. The molecular formula is C6H5O2Tl. The summed E-state index contributed by atoms with van der Waals surface area (Å²) in [6, 6.07) is 0. The van der Waals surface area contributed by atoms with Gasteiger partial charge in [0.1, 0.15) is 0 Å². The normalized spacial score (nSPS) is 14.4. The molecule has 0 bridgehead atoms. The Morgan fingerprint density at radius 1 is 1.56 bits per heavy atom. The molecule has 1 N–H and O–H groups in total. The summed E-state index contributed by atoms with van der Waals surface area (Å²) in [5, 5.41) is 8.47. The maximum atomic E-state index is 10.3. The number of hydrogen-bond donors (Lipinski definition) is 1. The second-order valence-corrected chi connectivity index (χ2v) is 6.88. The molecule has 1 aliphatic heterocycles. The number of allylic oxidation sites excluding steroid dienone is 2. The Morgan fingerprint density at radius 3 is 2.67 bits per heavy atom. The molecule has 0 amide bonds. The van der Waals surface area contributed by atoms with E-state index in [9.17, 15) is 4.79 Å². The van der Waals surface area contributed by atoms with Gasteiger partial charge in [-0.1, -0.05) is 0 Å². The van der Waals surface area contributed by atoms with Crippen molar-refractivity contribution < 1.29 is 9.90 Å². The van der Waals surface area contributed by atoms with Crippen molar-refractivity contribution in [2.75, 3.05) is 0 Å². The van der Waals surface area contributed by atoms with Gasteiger partial charge in [-0.3, -0.25) is 0 Å². The van der Waals surface area contributed by atoms with Crippen molar-refractivity contribution in [2.45, 2.75) is 0 Å².